The number of nitrogens with zero attached hydrogens (tertiary/aromatic N) is 3. The number of aryl methyl sites for hydroxylation is 1. The lowest BCUT2D eigenvalue weighted by atomic mass is 10.1. The summed E-state index contributed by atoms with van der Waals surface area (Å²) in [6.07, 6.45) is 1.35. The highest BCUT2D eigenvalue weighted by atomic mass is 35.5. The van der Waals surface area contributed by atoms with E-state index in [9.17, 15) is 4.79 Å². The first-order valence-electron chi connectivity index (χ1n) is 7.21. The molecule has 1 unspecified atom stereocenters. The van der Waals surface area contributed by atoms with Crippen molar-refractivity contribution in [3.63, 3.8) is 0 Å². The van der Waals surface area contributed by atoms with Crippen LogP contribution in [0.15, 0.2) is 5.38 Å². The lowest BCUT2D eigenvalue weighted by Gasteiger charge is -2.34. The van der Waals surface area contributed by atoms with Crippen molar-refractivity contribution in [1.82, 2.24) is 14.8 Å². The Morgan fingerprint density at radius 1 is 1.30 bits per heavy atom. The Bertz CT molecular complexity index is 451. The van der Waals surface area contributed by atoms with Crippen LogP contribution >= 0.6 is 48.6 Å². The van der Waals surface area contributed by atoms with Crippen LogP contribution in [0.1, 0.15) is 30.5 Å². The van der Waals surface area contributed by atoms with Gasteiger partial charge in [0, 0.05) is 50.6 Å². The summed E-state index contributed by atoms with van der Waals surface area (Å²) in [6.45, 7) is 8.37. The zero-order chi connectivity index (χ0) is 14.5. The molecule has 1 saturated heterocycles. The average molecular weight is 406 g/mol. The van der Waals surface area contributed by atoms with Crippen LogP contribution in [0.4, 0.5) is 0 Å². The number of hydrogen-bond acceptors (Lipinski definition) is 5. The van der Waals surface area contributed by atoms with Crippen LogP contribution in [0.5, 0.6) is 0 Å². The molecular formula is C14H27Cl3N4OS. The van der Waals surface area contributed by atoms with Crippen molar-refractivity contribution in [2.24, 2.45) is 5.73 Å². The normalized spacial score (nSPS) is 15.9. The van der Waals surface area contributed by atoms with E-state index in [1.807, 2.05) is 18.7 Å². The fourth-order valence-electron chi connectivity index (χ4n) is 2.37. The van der Waals surface area contributed by atoms with Gasteiger partial charge in [0.25, 0.3) is 0 Å². The summed E-state index contributed by atoms with van der Waals surface area (Å²) < 4.78 is 0. The first-order chi connectivity index (χ1) is 9.54. The molecule has 2 rings (SSSR count). The van der Waals surface area contributed by atoms with Crippen LogP contribution in [0.25, 0.3) is 0 Å². The molecule has 2 N–H and O–H groups in total. The quantitative estimate of drug-likeness (QED) is 0.817. The number of nitrogens with two attached hydrogens (primary N) is 1. The summed E-state index contributed by atoms with van der Waals surface area (Å²) in [4.78, 5) is 20.8. The highest BCUT2D eigenvalue weighted by molar-refractivity contribution is 7.09. The van der Waals surface area contributed by atoms with Gasteiger partial charge in [0.1, 0.15) is 0 Å². The van der Waals surface area contributed by atoms with Crippen molar-refractivity contribution >= 4 is 54.5 Å². The lowest BCUT2D eigenvalue weighted by Crippen LogP contribution is -2.48. The third-order valence-corrected chi connectivity index (χ3v) is 4.41. The molecule has 2 heterocycles. The standard InChI is InChI=1S/C14H24N4OS.3ClH/c1-11(15)3-4-14(19)18-7-5-17(6-8-18)9-13-10-20-12(2)16-13;;;/h10-11H,3-9,15H2,1-2H3;3*1H. The summed E-state index contributed by atoms with van der Waals surface area (Å²) in [6, 6.07) is 0.105. The highest BCUT2D eigenvalue weighted by Crippen LogP contribution is 2.13. The molecule has 5 nitrogen and oxygen atoms in total. The second-order valence-electron chi connectivity index (χ2n) is 5.53. The fraction of sp³-hybridized carbons (Fsp3) is 0.714. The van der Waals surface area contributed by atoms with E-state index in [0.717, 1.165) is 49.8 Å². The molecular weight excluding hydrogens is 379 g/mol. The number of carbonyl (C=O) groups excluding carboxylic acids is 1. The number of carbonyl (C=O) groups is 1. The number of halogens is 3. The van der Waals surface area contributed by atoms with Crippen molar-refractivity contribution in [2.75, 3.05) is 26.2 Å². The molecule has 0 aromatic carbocycles. The molecule has 0 saturated carbocycles. The monoisotopic (exact) mass is 404 g/mol. The molecule has 1 atom stereocenters. The third kappa shape index (κ3) is 8.52. The Morgan fingerprint density at radius 3 is 2.39 bits per heavy atom. The minimum atomic E-state index is 0. The van der Waals surface area contributed by atoms with Gasteiger partial charge in [0.05, 0.1) is 10.7 Å². The summed E-state index contributed by atoms with van der Waals surface area (Å²) in [7, 11) is 0. The third-order valence-electron chi connectivity index (χ3n) is 3.59. The molecule has 0 bridgehead atoms. The van der Waals surface area contributed by atoms with E-state index in [2.05, 4.69) is 15.3 Å². The van der Waals surface area contributed by atoms with Crippen LogP contribution in [-0.4, -0.2) is 52.9 Å². The SMILES string of the molecule is Cc1nc(CN2CCN(C(=O)CCC(C)N)CC2)cs1.Cl.Cl.Cl. The molecule has 1 aliphatic rings. The minimum absolute atomic E-state index is 0. The Balaban J connectivity index is 0. The second kappa shape index (κ2) is 12.3. The Hall–Kier alpha value is -0.110. The van der Waals surface area contributed by atoms with E-state index in [1.54, 1.807) is 11.3 Å². The van der Waals surface area contributed by atoms with Crippen molar-refractivity contribution in [1.29, 1.82) is 0 Å². The maximum Gasteiger partial charge on any atom is 0.222 e. The van der Waals surface area contributed by atoms with E-state index < -0.39 is 0 Å². The molecule has 1 aromatic rings. The molecule has 0 radical (unpaired) electrons. The van der Waals surface area contributed by atoms with Crippen LogP contribution in [0.2, 0.25) is 0 Å². The van der Waals surface area contributed by atoms with E-state index in [4.69, 9.17) is 5.73 Å². The van der Waals surface area contributed by atoms with E-state index in [1.165, 1.54) is 0 Å². The van der Waals surface area contributed by atoms with Gasteiger partial charge in [-0.15, -0.1) is 48.6 Å². The van der Waals surface area contributed by atoms with E-state index in [0.29, 0.717) is 6.42 Å². The number of amides is 1. The van der Waals surface area contributed by atoms with Gasteiger partial charge in [0.15, 0.2) is 0 Å². The zero-order valence-corrected chi connectivity index (χ0v) is 16.8. The maximum atomic E-state index is 12.0. The van der Waals surface area contributed by atoms with Crippen molar-refractivity contribution in [3.8, 4) is 0 Å². The molecule has 1 aliphatic heterocycles. The number of rotatable bonds is 5. The molecule has 23 heavy (non-hydrogen) atoms. The predicted molar refractivity (Wildman–Crippen MR) is 103 cm³/mol. The topological polar surface area (TPSA) is 62.5 Å². The largest absolute Gasteiger partial charge is 0.340 e. The number of aromatic nitrogens is 1. The van der Waals surface area contributed by atoms with Crippen LogP contribution < -0.4 is 5.73 Å². The first-order valence-corrected chi connectivity index (χ1v) is 8.09. The van der Waals surface area contributed by atoms with E-state index >= 15 is 0 Å². The predicted octanol–water partition coefficient (Wildman–Crippen LogP) is 2.49. The fourth-order valence-corrected chi connectivity index (χ4v) is 2.98. The molecule has 1 fully saturated rings. The minimum Gasteiger partial charge on any atom is -0.340 e. The molecule has 1 aromatic heterocycles. The summed E-state index contributed by atoms with van der Waals surface area (Å²) >= 11 is 1.69. The lowest BCUT2D eigenvalue weighted by molar-refractivity contribution is -0.133. The van der Waals surface area contributed by atoms with Crippen LogP contribution in [0.3, 0.4) is 0 Å². The second-order valence-corrected chi connectivity index (χ2v) is 6.59. The maximum absolute atomic E-state index is 12.0. The van der Waals surface area contributed by atoms with Gasteiger partial charge < -0.3 is 10.6 Å². The highest BCUT2D eigenvalue weighted by Gasteiger charge is 2.21. The van der Waals surface area contributed by atoms with Gasteiger partial charge >= 0.3 is 0 Å². The zero-order valence-electron chi connectivity index (χ0n) is 13.6. The summed E-state index contributed by atoms with van der Waals surface area (Å²) in [5.74, 6) is 0.242. The van der Waals surface area contributed by atoms with Crippen molar-refractivity contribution < 1.29 is 4.79 Å². The number of hydrogen-bond donors (Lipinski definition) is 1. The Morgan fingerprint density at radius 2 is 1.91 bits per heavy atom. The van der Waals surface area contributed by atoms with Gasteiger partial charge in [-0.3, -0.25) is 9.69 Å². The molecule has 136 valence electrons. The van der Waals surface area contributed by atoms with Gasteiger partial charge in [-0.1, -0.05) is 0 Å². The Labute approximate surface area is 161 Å². The molecule has 0 spiro atoms. The molecule has 0 aliphatic carbocycles. The van der Waals surface area contributed by atoms with Gasteiger partial charge in [-0.2, -0.15) is 0 Å². The summed E-state index contributed by atoms with van der Waals surface area (Å²) in [5.41, 5.74) is 6.84. The number of thiazole rings is 1. The van der Waals surface area contributed by atoms with Crippen LogP contribution in [0, 0.1) is 6.92 Å². The Kier molecular flexibility index (Phi) is 13.4. The smallest absolute Gasteiger partial charge is 0.222 e. The van der Waals surface area contributed by atoms with Gasteiger partial charge in [-0.25, -0.2) is 4.98 Å². The van der Waals surface area contributed by atoms with E-state index in [-0.39, 0.29) is 49.2 Å². The molecule has 9 heteroatoms. The summed E-state index contributed by atoms with van der Waals surface area (Å²) in [5, 5.41) is 3.24. The first kappa shape index (κ1) is 25.1. The van der Waals surface area contributed by atoms with Crippen molar-refractivity contribution in [2.45, 2.75) is 39.3 Å². The van der Waals surface area contributed by atoms with Gasteiger partial charge in [-0.05, 0) is 20.3 Å². The van der Waals surface area contributed by atoms with Gasteiger partial charge in [0.2, 0.25) is 5.91 Å². The number of piperazine rings is 1. The van der Waals surface area contributed by atoms with Crippen molar-refractivity contribution in [3.05, 3.63) is 16.1 Å². The molecule has 1 amide bonds. The average Bonchev–Trinajstić information content (AvgIpc) is 2.82. The van der Waals surface area contributed by atoms with Crippen LogP contribution in [-0.2, 0) is 11.3 Å².